The zero-order valence-corrected chi connectivity index (χ0v) is 19.2. The van der Waals surface area contributed by atoms with Gasteiger partial charge >= 0.3 is 6.03 Å². The van der Waals surface area contributed by atoms with Crippen LogP contribution < -0.4 is 5.32 Å². The molecule has 0 radical (unpaired) electrons. The van der Waals surface area contributed by atoms with Crippen molar-refractivity contribution < 1.29 is 4.79 Å². The van der Waals surface area contributed by atoms with E-state index < -0.39 is 0 Å². The maximum Gasteiger partial charge on any atom is 0.322 e. The molecule has 4 rings (SSSR count). The van der Waals surface area contributed by atoms with Crippen molar-refractivity contribution >= 4 is 22.9 Å². The van der Waals surface area contributed by atoms with Crippen LogP contribution in [0.15, 0.2) is 48.8 Å². The Morgan fingerprint density at radius 3 is 2.66 bits per heavy atom. The maximum absolute atomic E-state index is 12.3. The molecular formula is C24H29N7O. The lowest BCUT2D eigenvalue weighted by atomic mass is 10.0. The number of urea groups is 1. The molecule has 2 amide bonds. The van der Waals surface area contributed by atoms with Crippen LogP contribution in [0.3, 0.4) is 0 Å². The minimum Gasteiger partial charge on any atom is -0.339 e. The van der Waals surface area contributed by atoms with Gasteiger partial charge in [-0.25, -0.2) is 9.78 Å². The van der Waals surface area contributed by atoms with Crippen molar-refractivity contribution in [1.82, 2.24) is 29.5 Å². The summed E-state index contributed by atoms with van der Waals surface area (Å²) in [6.07, 6.45) is 3.74. The van der Waals surface area contributed by atoms with Gasteiger partial charge in [-0.05, 0) is 55.9 Å². The van der Waals surface area contributed by atoms with Crippen LogP contribution in [0.25, 0.3) is 33.4 Å². The highest BCUT2D eigenvalue weighted by atomic mass is 16.2. The molecule has 0 aliphatic heterocycles. The van der Waals surface area contributed by atoms with Gasteiger partial charge in [0.1, 0.15) is 5.65 Å². The van der Waals surface area contributed by atoms with E-state index in [1.165, 1.54) is 10.5 Å². The number of hydrogen-bond acceptors (Lipinski definition) is 4. The summed E-state index contributed by atoms with van der Waals surface area (Å²) < 4.78 is 1.82. The van der Waals surface area contributed by atoms with Gasteiger partial charge in [0.25, 0.3) is 0 Å². The van der Waals surface area contributed by atoms with Crippen molar-refractivity contribution in [3.8, 4) is 22.4 Å². The van der Waals surface area contributed by atoms with E-state index in [0.717, 1.165) is 40.0 Å². The Morgan fingerprint density at radius 1 is 1.12 bits per heavy atom. The second-order valence-corrected chi connectivity index (χ2v) is 8.31. The van der Waals surface area contributed by atoms with Crippen molar-refractivity contribution in [2.24, 2.45) is 0 Å². The molecule has 0 bridgehead atoms. The standard InChI is InChI=1S/C24H29N7O/c1-6-31-15-20(23(28-31)27-24(32)30(4)5)18-10-11-25-22-19(18)13-21(26-22)17-9-7-8-16(12-17)14-29(2)3/h7-13,15H,6,14H2,1-5H3,(H,25,26)(H,27,28,32). The molecule has 32 heavy (non-hydrogen) atoms. The monoisotopic (exact) mass is 431 g/mol. The molecule has 166 valence electrons. The molecule has 2 N–H and O–H groups in total. The van der Waals surface area contributed by atoms with Crippen molar-refractivity contribution in [2.45, 2.75) is 20.0 Å². The number of fused-ring (bicyclic) bond motifs is 1. The van der Waals surface area contributed by atoms with Crippen LogP contribution in [0.4, 0.5) is 10.6 Å². The Hall–Kier alpha value is -3.65. The van der Waals surface area contributed by atoms with Gasteiger partial charge in [0, 0.05) is 56.2 Å². The first-order valence-electron chi connectivity index (χ1n) is 10.6. The Kier molecular flexibility index (Phi) is 5.96. The van der Waals surface area contributed by atoms with Crippen molar-refractivity contribution in [3.63, 3.8) is 0 Å². The second kappa shape index (κ2) is 8.84. The number of aryl methyl sites for hydroxylation is 1. The number of anilines is 1. The first-order valence-corrected chi connectivity index (χ1v) is 10.6. The lowest BCUT2D eigenvalue weighted by Gasteiger charge is -2.11. The molecule has 8 heteroatoms. The predicted octanol–water partition coefficient (Wildman–Crippen LogP) is 4.27. The third-order valence-corrected chi connectivity index (χ3v) is 5.28. The Labute approximate surface area is 187 Å². The van der Waals surface area contributed by atoms with Crippen molar-refractivity contribution in [3.05, 3.63) is 54.4 Å². The largest absolute Gasteiger partial charge is 0.339 e. The Balaban J connectivity index is 1.79. The summed E-state index contributed by atoms with van der Waals surface area (Å²) in [7, 11) is 7.54. The van der Waals surface area contributed by atoms with E-state index in [2.05, 4.69) is 69.7 Å². The zero-order chi connectivity index (χ0) is 22.8. The number of aromatic amines is 1. The predicted molar refractivity (Wildman–Crippen MR) is 129 cm³/mol. The second-order valence-electron chi connectivity index (χ2n) is 8.31. The average molecular weight is 432 g/mol. The van der Waals surface area contributed by atoms with Gasteiger partial charge in [-0.2, -0.15) is 5.10 Å². The summed E-state index contributed by atoms with van der Waals surface area (Å²) in [5.41, 5.74) is 5.99. The number of aromatic nitrogens is 4. The topological polar surface area (TPSA) is 82.1 Å². The summed E-state index contributed by atoms with van der Waals surface area (Å²) in [5, 5.41) is 8.46. The fourth-order valence-electron chi connectivity index (χ4n) is 3.71. The fourth-order valence-corrected chi connectivity index (χ4v) is 3.71. The van der Waals surface area contributed by atoms with Gasteiger partial charge in [-0.15, -0.1) is 0 Å². The molecule has 0 aliphatic carbocycles. The lowest BCUT2D eigenvalue weighted by Crippen LogP contribution is -2.27. The number of carbonyl (C=O) groups is 1. The highest BCUT2D eigenvalue weighted by Gasteiger charge is 2.18. The molecular weight excluding hydrogens is 402 g/mol. The molecule has 1 aromatic carbocycles. The average Bonchev–Trinajstić information content (AvgIpc) is 3.37. The highest BCUT2D eigenvalue weighted by Crippen LogP contribution is 2.35. The quantitative estimate of drug-likeness (QED) is 0.478. The van der Waals surface area contributed by atoms with Crippen LogP contribution >= 0.6 is 0 Å². The lowest BCUT2D eigenvalue weighted by molar-refractivity contribution is 0.230. The SMILES string of the molecule is CCn1cc(-c2ccnc3[nH]c(-c4cccc(CN(C)C)c4)cc23)c(NC(=O)N(C)C)n1. The number of hydrogen-bond donors (Lipinski definition) is 2. The first kappa shape index (κ1) is 21.6. The molecule has 0 aliphatic rings. The van der Waals surface area contributed by atoms with Crippen LogP contribution in [-0.2, 0) is 13.1 Å². The number of benzene rings is 1. The normalized spacial score (nSPS) is 11.3. The third kappa shape index (κ3) is 4.36. The molecule has 0 fully saturated rings. The van der Waals surface area contributed by atoms with E-state index in [0.29, 0.717) is 12.4 Å². The van der Waals surface area contributed by atoms with Crippen LogP contribution in [0.5, 0.6) is 0 Å². The van der Waals surface area contributed by atoms with E-state index in [1.807, 2.05) is 23.9 Å². The maximum atomic E-state index is 12.3. The van der Waals surface area contributed by atoms with Gasteiger partial charge in [0.2, 0.25) is 0 Å². The molecule has 0 unspecified atom stereocenters. The van der Waals surface area contributed by atoms with Crippen LogP contribution in [0.2, 0.25) is 0 Å². The Bertz CT molecular complexity index is 1250. The molecule has 0 saturated heterocycles. The number of nitrogens with zero attached hydrogens (tertiary/aromatic N) is 5. The van der Waals surface area contributed by atoms with E-state index in [9.17, 15) is 4.79 Å². The number of pyridine rings is 1. The minimum absolute atomic E-state index is 0.217. The van der Waals surface area contributed by atoms with Crippen molar-refractivity contribution in [1.29, 1.82) is 0 Å². The van der Waals surface area contributed by atoms with Gasteiger partial charge in [-0.3, -0.25) is 10.00 Å². The molecule has 4 aromatic rings. The van der Waals surface area contributed by atoms with E-state index in [-0.39, 0.29) is 6.03 Å². The number of H-pyrrole nitrogens is 1. The molecule has 0 spiro atoms. The van der Waals surface area contributed by atoms with Crippen molar-refractivity contribution in [2.75, 3.05) is 33.5 Å². The van der Waals surface area contributed by atoms with Gasteiger partial charge in [0.05, 0.1) is 0 Å². The van der Waals surface area contributed by atoms with Crippen LogP contribution in [0, 0.1) is 0 Å². The van der Waals surface area contributed by atoms with Gasteiger partial charge in [-0.1, -0.05) is 18.2 Å². The number of amides is 2. The molecule has 8 nitrogen and oxygen atoms in total. The molecule has 0 saturated carbocycles. The number of carbonyl (C=O) groups excluding carboxylic acids is 1. The van der Waals surface area contributed by atoms with Gasteiger partial charge < -0.3 is 14.8 Å². The van der Waals surface area contributed by atoms with Crippen LogP contribution in [0.1, 0.15) is 12.5 Å². The summed E-state index contributed by atoms with van der Waals surface area (Å²) in [4.78, 5) is 23.9. The first-order chi connectivity index (χ1) is 15.4. The molecule has 3 heterocycles. The minimum atomic E-state index is -0.217. The zero-order valence-electron chi connectivity index (χ0n) is 19.2. The summed E-state index contributed by atoms with van der Waals surface area (Å²) in [6.45, 7) is 3.60. The molecule has 0 atom stereocenters. The summed E-state index contributed by atoms with van der Waals surface area (Å²) in [6, 6.07) is 12.4. The van der Waals surface area contributed by atoms with E-state index in [4.69, 9.17) is 0 Å². The smallest absolute Gasteiger partial charge is 0.322 e. The summed E-state index contributed by atoms with van der Waals surface area (Å²) in [5.74, 6) is 0.536. The number of rotatable bonds is 6. The van der Waals surface area contributed by atoms with Crippen LogP contribution in [-0.4, -0.2) is 63.8 Å². The van der Waals surface area contributed by atoms with E-state index >= 15 is 0 Å². The molecule has 3 aromatic heterocycles. The highest BCUT2D eigenvalue weighted by molar-refractivity contribution is 6.01. The van der Waals surface area contributed by atoms with E-state index in [1.54, 1.807) is 20.3 Å². The summed E-state index contributed by atoms with van der Waals surface area (Å²) >= 11 is 0. The number of nitrogens with one attached hydrogen (secondary N) is 2. The third-order valence-electron chi connectivity index (χ3n) is 5.28. The van der Waals surface area contributed by atoms with Gasteiger partial charge in [0.15, 0.2) is 5.82 Å². The Morgan fingerprint density at radius 2 is 1.94 bits per heavy atom. The fraction of sp³-hybridized carbons (Fsp3) is 0.292.